The lowest BCUT2D eigenvalue weighted by Gasteiger charge is -2.26. The van der Waals surface area contributed by atoms with Crippen molar-refractivity contribution in [3.05, 3.63) is 48.0 Å². The second kappa shape index (κ2) is 7.13. The van der Waals surface area contributed by atoms with E-state index in [0.717, 1.165) is 5.56 Å². The van der Waals surface area contributed by atoms with Crippen molar-refractivity contribution in [3.8, 4) is 0 Å². The summed E-state index contributed by atoms with van der Waals surface area (Å²) in [4.78, 5) is 23.4. The van der Waals surface area contributed by atoms with Crippen molar-refractivity contribution >= 4 is 29.0 Å². The molecule has 0 heterocycles. The highest BCUT2D eigenvalue weighted by molar-refractivity contribution is 7.81. The van der Waals surface area contributed by atoms with Gasteiger partial charge in [0.2, 0.25) is 16.7 Å². The Balaban J connectivity index is 2.91. The summed E-state index contributed by atoms with van der Waals surface area (Å²) in [6.07, 6.45) is 1.22. The first-order valence-corrected chi connectivity index (χ1v) is 6.99. The van der Waals surface area contributed by atoms with Gasteiger partial charge in [0.25, 0.3) is 0 Å². The molecule has 0 aromatic heterocycles. The third kappa shape index (κ3) is 4.49. The van der Waals surface area contributed by atoms with E-state index < -0.39 is 5.54 Å². The molecule has 0 unspecified atom stereocenters. The standard InChI is InChI=1S/C16H19NO3S/c1-5-13(18)17-16(3,4)12-9-7-11(8-10-12)14(19)15(21)20-6-2/h5,7-10H,1,6H2,2-4H3,(H,17,18). The minimum Gasteiger partial charge on any atom is -0.481 e. The van der Waals surface area contributed by atoms with E-state index in [0.29, 0.717) is 12.2 Å². The van der Waals surface area contributed by atoms with Gasteiger partial charge in [-0.3, -0.25) is 9.59 Å². The molecule has 1 rings (SSSR count). The van der Waals surface area contributed by atoms with E-state index >= 15 is 0 Å². The van der Waals surface area contributed by atoms with Crippen LogP contribution < -0.4 is 5.32 Å². The maximum atomic E-state index is 12.0. The molecule has 0 fully saturated rings. The molecular formula is C16H19NO3S. The number of hydrogen-bond donors (Lipinski definition) is 1. The lowest BCUT2D eigenvalue weighted by Crippen LogP contribution is -2.40. The van der Waals surface area contributed by atoms with Gasteiger partial charge in [-0.05, 0) is 44.6 Å². The fraction of sp³-hybridized carbons (Fsp3) is 0.312. The van der Waals surface area contributed by atoms with Gasteiger partial charge >= 0.3 is 0 Å². The number of rotatable bonds is 6. The first-order valence-electron chi connectivity index (χ1n) is 6.58. The average Bonchev–Trinajstić information content (AvgIpc) is 2.46. The SMILES string of the molecule is C=CC(=O)NC(C)(C)c1ccc(C(=O)C(=S)OCC)cc1. The Morgan fingerprint density at radius 1 is 1.33 bits per heavy atom. The molecule has 0 aliphatic rings. The smallest absolute Gasteiger partial charge is 0.244 e. The van der Waals surface area contributed by atoms with E-state index in [4.69, 9.17) is 17.0 Å². The summed E-state index contributed by atoms with van der Waals surface area (Å²) in [5.41, 5.74) is 0.771. The van der Waals surface area contributed by atoms with Gasteiger partial charge in [0.05, 0.1) is 12.1 Å². The lowest BCUT2D eigenvalue weighted by molar-refractivity contribution is -0.118. The highest BCUT2D eigenvalue weighted by Crippen LogP contribution is 2.20. The van der Waals surface area contributed by atoms with Gasteiger partial charge in [-0.2, -0.15) is 0 Å². The molecular weight excluding hydrogens is 286 g/mol. The number of hydrogen-bond acceptors (Lipinski definition) is 4. The number of carbonyl (C=O) groups is 2. The van der Waals surface area contributed by atoms with E-state index in [1.165, 1.54) is 6.08 Å². The highest BCUT2D eigenvalue weighted by Gasteiger charge is 2.22. The Morgan fingerprint density at radius 3 is 2.38 bits per heavy atom. The normalized spacial score (nSPS) is 10.6. The second-order valence-electron chi connectivity index (χ2n) is 4.95. The summed E-state index contributed by atoms with van der Waals surface area (Å²) < 4.78 is 5.04. The molecule has 0 saturated carbocycles. The number of Topliss-reactive ketones (excluding diaryl/α,β-unsaturated/α-hetero) is 1. The molecule has 21 heavy (non-hydrogen) atoms. The summed E-state index contributed by atoms with van der Waals surface area (Å²) in [5, 5.41) is 2.78. The zero-order valence-corrected chi connectivity index (χ0v) is 13.3. The quantitative estimate of drug-likeness (QED) is 0.499. The van der Waals surface area contributed by atoms with Gasteiger partial charge in [-0.25, -0.2) is 0 Å². The lowest BCUT2D eigenvalue weighted by atomic mass is 9.93. The van der Waals surface area contributed by atoms with Crippen LogP contribution in [0.3, 0.4) is 0 Å². The Kier molecular flexibility index (Phi) is 5.79. The summed E-state index contributed by atoms with van der Waals surface area (Å²) in [6.45, 7) is 9.31. The fourth-order valence-electron chi connectivity index (χ4n) is 1.78. The van der Waals surface area contributed by atoms with Crippen LogP contribution in [0.15, 0.2) is 36.9 Å². The van der Waals surface area contributed by atoms with Gasteiger partial charge in [-0.15, -0.1) is 0 Å². The number of carbonyl (C=O) groups excluding carboxylic acids is 2. The molecule has 0 aliphatic carbocycles. The van der Waals surface area contributed by atoms with Crippen LogP contribution in [-0.2, 0) is 15.1 Å². The minimum absolute atomic E-state index is 0.0375. The van der Waals surface area contributed by atoms with Gasteiger partial charge in [-0.1, -0.05) is 30.8 Å². The molecule has 0 aliphatic heterocycles. The molecule has 1 N–H and O–H groups in total. The minimum atomic E-state index is -0.562. The number of ether oxygens (including phenoxy) is 1. The fourth-order valence-corrected chi connectivity index (χ4v) is 2.02. The molecule has 0 radical (unpaired) electrons. The molecule has 112 valence electrons. The molecule has 5 heteroatoms. The average molecular weight is 305 g/mol. The van der Waals surface area contributed by atoms with Crippen molar-refractivity contribution in [2.24, 2.45) is 0 Å². The maximum Gasteiger partial charge on any atom is 0.244 e. The molecule has 0 bridgehead atoms. The Morgan fingerprint density at radius 2 is 1.90 bits per heavy atom. The highest BCUT2D eigenvalue weighted by atomic mass is 32.1. The van der Waals surface area contributed by atoms with Crippen LogP contribution in [0.4, 0.5) is 0 Å². The number of benzene rings is 1. The molecule has 0 atom stereocenters. The van der Waals surface area contributed by atoms with Crippen molar-refractivity contribution in [1.29, 1.82) is 0 Å². The zero-order valence-electron chi connectivity index (χ0n) is 12.4. The summed E-state index contributed by atoms with van der Waals surface area (Å²) >= 11 is 4.90. The largest absolute Gasteiger partial charge is 0.481 e. The molecule has 1 amide bonds. The molecule has 1 aromatic rings. The number of ketones is 1. The number of amides is 1. The van der Waals surface area contributed by atoms with Crippen molar-refractivity contribution in [2.45, 2.75) is 26.3 Å². The summed E-state index contributed by atoms with van der Waals surface area (Å²) in [6, 6.07) is 6.91. The topological polar surface area (TPSA) is 55.4 Å². The molecule has 1 aromatic carbocycles. The van der Waals surface area contributed by atoms with Crippen LogP contribution >= 0.6 is 12.2 Å². The maximum absolute atomic E-state index is 12.0. The predicted molar refractivity (Wildman–Crippen MR) is 86.4 cm³/mol. The van der Waals surface area contributed by atoms with Gasteiger partial charge in [0, 0.05) is 5.56 Å². The van der Waals surface area contributed by atoms with Crippen LogP contribution in [0, 0.1) is 0 Å². The second-order valence-corrected chi connectivity index (χ2v) is 5.32. The van der Waals surface area contributed by atoms with Crippen molar-refractivity contribution in [3.63, 3.8) is 0 Å². The predicted octanol–water partition coefficient (Wildman–Crippen LogP) is 2.77. The first-order chi connectivity index (χ1) is 9.81. The molecule has 0 spiro atoms. The van der Waals surface area contributed by atoms with Crippen molar-refractivity contribution < 1.29 is 14.3 Å². The summed E-state index contributed by atoms with van der Waals surface area (Å²) in [7, 11) is 0. The van der Waals surface area contributed by atoms with E-state index in [1.807, 2.05) is 13.8 Å². The van der Waals surface area contributed by atoms with Crippen molar-refractivity contribution in [1.82, 2.24) is 5.32 Å². The first kappa shape index (κ1) is 17.0. The van der Waals surface area contributed by atoms with E-state index in [9.17, 15) is 9.59 Å². The van der Waals surface area contributed by atoms with Crippen LogP contribution in [-0.4, -0.2) is 23.3 Å². The van der Waals surface area contributed by atoms with Gasteiger partial charge < -0.3 is 10.1 Å². The van der Waals surface area contributed by atoms with Crippen LogP contribution in [0.1, 0.15) is 36.7 Å². The van der Waals surface area contributed by atoms with Crippen LogP contribution in [0.5, 0.6) is 0 Å². The van der Waals surface area contributed by atoms with Crippen LogP contribution in [0.25, 0.3) is 0 Å². The zero-order chi connectivity index (χ0) is 16.0. The third-order valence-electron chi connectivity index (χ3n) is 2.95. The Hall–Kier alpha value is -2.01. The monoisotopic (exact) mass is 305 g/mol. The Bertz CT molecular complexity index is 561. The third-order valence-corrected chi connectivity index (χ3v) is 3.25. The van der Waals surface area contributed by atoms with Crippen molar-refractivity contribution in [2.75, 3.05) is 6.61 Å². The number of thiocarbonyl (C=S) groups is 1. The van der Waals surface area contributed by atoms with E-state index in [2.05, 4.69) is 11.9 Å². The number of nitrogens with one attached hydrogen (secondary N) is 1. The van der Waals surface area contributed by atoms with E-state index in [1.54, 1.807) is 31.2 Å². The Labute approximate surface area is 130 Å². The molecule has 4 nitrogen and oxygen atoms in total. The van der Waals surface area contributed by atoms with Crippen LogP contribution in [0.2, 0.25) is 0 Å². The summed E-state index contributed by atoms with van der Waals surface area (Å²) in [5.74, 6) is -0.566. The van der Waals surface area contributed by atoms with E-state index in [-0.39, 0.29) is 16.7 Å². The van der Waals surface area contributed by atoms with Gasteiger partial charge in [0.15, 0.2) is 0 Å². The van der Waals surface area contributed by atoms with Gasteiger partial charge in [0.1, 0.15) is 0 Å². The molecule has 0 saturated heterocycles.